The van der Waals surface area contributed by atoms with Gasteiger partial charge in [0.2, 0.25) is 5.91 Å². The summed E-state index contributed by atoms with van der Waals surface area (Å²) in [5.41, 5.74) is 1.69. The number of nitrogens with zero attached hydrogens (tertiary/aromatic N) is 2. The Balaban J connectivity index is 1.87. The molecule has 0 unspecified atom stereocenters. The van der Waals surface area contributed by atoms with Gasteiger partial charge in [-0.25, -0.2) is 0 Å². The number of carbonyl (C=O) groups is 2. The van der Waals surface area contributed by atoms with E-state index in [1.54, 1.807) is 34.1 Å². The number of likely N-dealkylation sites (tertiary alicyclic amines) is 1. The maximum absolute atomic E-state index is 12.9. The van der Waals surface area contributed by atoms with Crippen LogP contribution in [-0.4, -0.2) is 48.3 Å². The third-order valence-electron chi connectivity index (χ3n) is 5.09. The first-order valence-electron chi connectivity index (χ1n) is 8.86. The van der Waals surface area contributed by atoms with Crippen molar-refractivity contribution in [2.24, 2.45) is 5.92 Å². The number of hydrogen-bond acceptors (Lipinski definition) is 2. The van der Waals surface area contributed by atoms with Gasteiger partial charge in [0.05, 0.1) is 5.92 Å². The lowest BCUT2D eigenvalue weighted by Crippen LogP contribution is -2.36. The first-order chi connectivity index (χ1) is 12.5. The Morgan fingerprint density at radius 2 is 1.73 bits per heavy atom. The molecule has 0 radical (unpaired) electrons. The number of rotatable bonds is 4. The van der Waals surface area contributed by atoms with Crippen molar-refractivity contribution in [2.45, 2.75) is 12.8 Å². The average Bonchev–Trinajstić information content (AvgIpc) is 3.13. The van der Waals surface area contributed by atoms with Gasteiger partial charge in [0.25, 0.3) is 5.91 Å². The predicted molar refractivity (Wildman–Crippen MR) is 103 cm³/mol. The highest BCUT2D eigenvalue weighted by Crippen LogP contribution is 2.34. The van der Waals surface area contributed by atoms with Crippen LogP contribution in [-0.2, 0) is 4.79 Å². The Bertz CT molecular complexity index is 776. The molecular weight excluding hydrogens is 348 g/mol. The molecular formula is C21H23ClN2O2. The Morgan fingerprint density at radius 1 is 1.08 bits per heavy atom. The molecule has 2 aromatic carbocycles. The van der Waals surface area contributed by atoms with Crippen molar-refractivity contribution in [1.29, 1.82) is 0 Å². The van der Waals surface area contributed by atoms with Crippen LogP contribution in [0, 0.1) is 5.92 Å². The van der Waals surface area contributed by atoms with Gasteiger partial charge in [-0.3, -0.25) is 9.59 Å². The van der Waals surface area contributed by atoms with Crippen molar-refractivity contribution in [3.8, 4) is 0 Å². The highest BCUT2D eigenvalue weighted by atomic mass is 35.5. The summed E-state index contributed by atoms with van der Waals surface area (Å²) in [6.07, 6.45) is 0. The molecule has 1 fully saturated rings. The van der Waals surface area contributed by atoms with Gasteiger partial charge in [-0.1, -0.05) is 41.9 Å². The lowest BCUT2D eigenvalue weighted by Gasteiger charge is -2.23. The highest BCUT2D eigenvalue weighted by molar-refractivity contribution is 6.30. The monoisotopic (exact) mass is 370 g/mol. The maximum Gasteiger partial charge on any atom is 0.253 e. The molecule has 1 aliphatic heterocycles. The molecule has 1 saturated heterocycles. The summed E-state index contributed by atoms with van der Waals surface area (Å²) in [5, 5.41) is 0.600. The van der Waals surface area contributed by atoms with Gasteiger partial charge < -0.3 is 9.80 Å². The van der Waals surface area contributed by atoms with E-state index in [0.717, 1.165) is 5.56 Å². The third-order valence-corrected chi connectivity index (χ3v) is 5.35. The Kier molecular flexibility index (Phi) is 5.62. The summed E-state index contributed by atoms with van der Waals surface area (Å²) in [6.45, 7) is 3.59. The zero-order valence-electron chi connectivity index (χ0n) is 15.1. The van der Waals surface area contributed by atoms with Crippen molar-refractivity contribution in [2.75, 3.05) is 26.7 Å². The van der Waals surface area contributed by atoms with E-state index in [1.165, 1.54) is 0 Å². The van der Waals surface area contributed by atoms with Crippen LogP contribution in [0.25, 0.3) is 0 Å². The predicted octanol–water partition coefficient (Wildman–Crippen LogP) is 3.67. The molecule has 2 aromatic rings. The second-order valence-corrected chi connectivity index (χ2v) is 7.13. The van der Waals surface area contributed by atoms with Gasteiger partial charge >= 0.3 is 0 Å². The van der Waals surface area contributed by atoms with Crippen LogP contribution >= 0.6 is 11.6 Å². The second kappa shape index (κ2) is 7.92. The lowest BCUT2D eigenvalue weighted by atomic mass is 9.88. The zero-order chi connectivity index (χ0) is 18.7. The van der Waals surface area contributed by atoms with Gasteiger partial charge in [0, 0.05) is 43.2 Å². The number of amides is 2. The van der Waals surface area contributed by atoms with Crippen molar-refractivity contribution in [3.05, 3.63) is 70.7 Å². The molecule has 0 bridgehead atoms. The average molecular weight is 371 g/mol. The van der Waals surface area contributed by atoms with Gasteiger partial charge in [-0.2, -0.15) is 0 Å². The largest absolute Gasteiger partial charge is 0.346 e. The number of halogens is 1. The van der Waals surface area contributed by atoms with E-state index in [9.17, 15) is 9.59 Å². The summed E-state index contributed by atoms with van der Waals surface area (Å²) in [5.74, 6) is -0.183. The standard InChI is InChI=1S/C21H23ClN2O2/c1-3-23(2)21(26)19-14-24(13-18(19)15-7-5-4-6-8-15)20(25)16-9-11-17(22)12-10-16/h4-12,18-19H,3,13-14H2,1-2H3/t18-,19+/m0/s1. The fourth-order valence-electron chi connectivity index (χ4n) is 3.47. The summed E-state index contributed by atoms with van der Waals surface area (Å²) in [6, 6.07) is 16.9. The van der Waals surface area contributed by atoms with E-state index in [4.69, 9.17) is 11.6 Å². The molecule has 5 heteroatoms. The molecule has 0 saturated carbocycles. The smallest absolute Gasteiger partial charge is 0.253 e. The molecule has 2 atom stereocenters. The third kappa shape index (κ3) is 3.75. The fraction of sp³-hybridized carbons (Fsp3) is 0.333. The zero-order valence-corrected chi connectivity index (χ0v) is 15.8. The van der Waals surface area contributed by atoms with Crippen molar-refractivity contribution >= 4 is 23.4 Å². The summed E-state index contributed by atoms with van der Waals surface area (Å²) < 4.78 is 0. The number of hydrogen-bond donors (Lipinski definition) is 0. The summed E-state index contributed by atoms with van der Waals surface area (Å²) in [4.78, 5) is 29.3. The van der Waals surface area contributed by atoms with Crippen molar-refractivity contribution < 1.29 is 9.59 Å². The number of benzene rings is 2. The first-order valence-corrected chi connectivity index (χ1v) is 9.23. The highest BCUT2D eigenvalue weighted by Gasteiger charge is 2.41. The fourth-order valence-corrected chi connectivity index (χ4v) is 3.60. The van der Waals surface area contributed by atoms with E-state index < -0.39 is 0 Å². The van der Waals surface area contributed by atoms with E-state index in [0.29, 0.717) is 30.2 Å². The maximum atomic E-state index is 12.9. The molecule has 26 heavy (non-hydrogen) atoms. The normalized spacial score (nSPS) is 19.4. The van der Waals surface area contributed by atoms with Crippen molar-refractivity contribution in [1.82, 2.24) is 9.80 Å². The van der Waals surface area contributed by atoms with E-state index in [-0.39, 0.29) is 23.7 Å². The van der Waals surface area contributed by atoms with Crippen LogP contribution in [0.5, 0.6) is 0 Å². The van der Waals surface area contributed by atoms with Gasteiger partial charge in [-0.15, -0.1) is 0 Å². The summed E-state index contributed by atoms with van der Waals surface area (Å²) in [7, 11) is 1.81. The van der Waals surface area contributed by atoms with Crippen LogP contribution in [0.4, 0.5) is 0 Å². The Hall–Kier alpha value is -2.33. The van der Waals surface area contributed by atoms with Gasteiger partial charge in [0.1, 0.15) is 0 Å². The van der Waals surface area contributed by atoms with Crippen LogP contribution < -0.4 is 0 Å². The molecule has 2 amide bonds. The topological polar surface area (TPSA) is 40.6 Å². The molecule has 0 aromatic heterocycles. The Labute approximate surface area is 159 Å². The van der Waals surface area contributed by atoms with Gasteiger partial charge in [0.15, 0.2) is 0 Å². The van der Waals surface area contributed by atoms with E-state index in [1.807, 2.05) is 44.3 Å². The SMILES string of the molecule is CCN(C)C(=O)[C@@H]1CN(C(=O)c2ccc(Cl)cc2)C[C@H]1c1ccccc1. The molecule has 0 N–H and O–H groups in total. The van der Waals surface area contributed by atoms with Crippen LogP contribution in [0.3, 0.4) is 0 Å². The van der Waals surface area contributed by atoms with Crippen LogP contribution in [0.1, 0.15) is 28.8 Å². The minimum absolute atomic E-state index is 0.00829. The van der Waals surface area contributed by atoms with Crippen molar-refractivity contribution in [3.63, 3.8) is 0 Å². The first kappa shape index (κ1) is 18.5. The van der Waals surface area contributed by atoms with E-state index >= 15 is 0 Å². The van der Waals surface area contributed by atoms with E-state index in [2.05, 4.69) is 0 Å². The second-order valence-electron chi connectivity index (χ2n) is 6.69. The molecule has 3 rings (SSSR count). The minimum atomic E-state index is -0.224. The molecule has 0 aliphatic carbocycles. The molecule has 1 heterocycles. The Morgan fingerprint density at radius 3 is 2.35 bits per heavy atom. The minimum Gasteiger partial charge on any atom is -0.346 e. The molecule has 4 nitrogen and oxygen atoms in total. The van der Waals surface area contributed by atoms with Crippen LogP contribution in [0.15, 0.2) is 54.6 Å². The van der Waals surface area contributed by atoms with Crippen LogP contribution in [0.2, 0.25) is 5.02 Å². The molecule has 136 valence electrons. The molecule has 1 aliphatic rings. The number of carbonyl (C=O) groups excluding carboxylic acids is 2. The molecule has 0 spiro atoms. The summed E-state index contributed by atoms with van der Waals surface area (Å²) >= 11 is 5.92. The quantitative estimate of drug-likeness (QED) is 0.823. The van der Waals surface area contributed by atoms with Gasteiger partial charge in [-0.05, 0) is 36.8 Å². The lowest BCUT2D eigenvalue weighted by molar-refractivity contribution is -0.133.